The van der Waals surface area contributed by atoms with Crippen molar-refractivity contribution in [1.29, 1.82) is 0 Å². The Bertz CT molecular complexity index is 1410. The normalized spacial score (nSPS) is 14.5. The van der Waals surface area contributed by atoms with E-state index >= 15 is 0 Å². The summed E-state index contributed by atoms with van der Waals surface area (Å²) < 4.78 is 68.8. The van der Waals surface area contributed by atoms with Gasteiger partial charge < -0.3 is 9.11 Å². The summed E-state index contributed by atoms with van der Waals surface area (Å²) in [6.45, 7) is 0. The van der Waals surface area contributed by atoms with E-state index in [0.717, 1.165) is 11.0 Å². The van der Waals surface area contributed by atoms with Crippen molar-refractivity contribution in [3.63, 3.8) is 0 Å². The number of benzene rings is 3. The Hall–Kier alpha value is -3.12. The van der Waals surface area contributed by atoms with Gasteiger partial charge in [-0.15, -0.1) is 0 Å². The molecule has 1 aliphatic rings. The third-order valence-corrected chi connectivity index (χ3v) is 6.17. The summed E-state index contributed by atoms with van der Waals surface area (Å²) in [5.74, 6) is -1.23. The Balaban J connectivity index is 1.96. The maximum atomic E-state index is 12.6. The molecule has 29 heavy (non-hydrogen) atoms. The minimum absolute atomic E-state index is 0.0263. The van der Waals surface area contributed by atoms with Gasteiger partial charge in [-0.3, -0.25) is 9.59 Å². The van der Waals surface area contributed by atoms with Gasteiger partial charge in [0.25, 0.3) is 11.8 Å². The van der Waals surface area contributed by atoms with Crippen LogP contribution < -0.4 is 4.90 Å². The van der Waals surface area contributed by atoms with Crippen LogP contribution >= 0.6 is 0 Å². The number of nitrogens with zero attached hydrogens (tertiary/aromatic N) is 1. The fourth-order valence-electron chi connectivity index (χ4n) is 3.21. The van der Waals surface area contributed by atoms with Crippen LogP contribution in [0.1, 0.15) is 20.7 Å². The first kappa shape index (κ1) is 19.2. The Morgan fingerprint density at radius 2 is 1.31 bits per heavy atom. The highest BCUT2D eigenvalue weighted by atomic mass is 32.2. The lowest BCUT2D eigenvalue weighted by atomic mass is 10.1. The highest BCUT2D eigenvalue weighted by Gasteiger charge is 2.36. The summed E-state index contributed by atoms with van der Waals surface area (Å²) in [4.78, 5) is 24.3. The highest BCUT2D eigenvalue weighted by molar-refractivity contribution is 7.86. The topological polar surface area (TPSA) is 152 Å². The Morgan fingerprint density at radius 3 is 1.83 bits per heavy atom. The van der Waals surface area contributed by atoms with Gasteiger partial charge in [-0.05, 0) is 47.2 Å². The van der Waals surface area contributed by atoms with Crippen LogP contribution in [0.3, 0.4) is 0 Å². The maximum Gasteiger partial charge on any atom is 0.266 e. The first-order valence-corrected chi connectivity index (χ1v) is 10.8. The number of hydrogen-bond acceptors (Lipinski definition) is 8. The number of anilines is 1. The first-order chi connectivity index (χ1) is 13.5. The van der Waals surface area contributed by atoms with Gasteiger partial charge in [0.2, 0.25) is 0 Å². The molecule has 0 aliphatic carbocycles. The predicted molar refractivity (Wildman–Crippen MR) is 97.5 cm³/mol. The minimum Gasteiger partial charge on any atom is -0.744 e. The summed E-state index contributed by atoms with van der Waals surface area (Å²) in [5, 5.41) is -0.252. The fraction of sp³-hybridized carbons (Fsp3) is 0. The van der Waals surface area contributed by atoms with Crippen LogP contribution in [0, 0.1) is 0 Å². The highest BCUT2D eigenvalue weighted by Crippen LogP contribution is 2.33. The molecule has 4 rings (SSSR count). The molecular weight excluding hydrogens is 422 g/mol. The van der Waals surface area contributed by atoms with E-state index in [0.29, 0.717) is 6.07 Å². The number of hydrogen-bond donors (Lipinski definition) is 0. The largest absolute Gasteiger partial charge is 0.744 e. The van der Waals surface area contributed by atoms with Crippen LogP contribution in [0.15, 0.2) is 64.4 Å². The zero-order valence-electron chi connectivity index (χ0n) is 14.2. The molecule has 1 heterocycles. The van der Waals surface area contributed by atoms with Crippen LogP contribution in [0.25, 0.3) is 10.8 Å². The van der Waals surface area contributed by atoms with Gasteiger partial charge in [0.15, 0.2) is 0 Å². The quantitative estimate of drug-likeness (QED) is 0.446. The van der Waals surface area contributed by atoms with Crippen molar-refractivity contribution in [3.05, 3.63) is 65.7 Å². The summed E-state index contributed by atoms with van der Waals surface area (Å²) in [7, 11) is -10.2. The van der Waals surface area contributed by atoms with Gasteiger partial charge in [-0.1, -0.05) is 18.2 Å². The second-order valence-electron chi connectivity index (χ2n) is 6.23. The van der Waals surface area contributed by atoms with Gasteiger partial charge in [0.1, 0.15) is 20.2 Å². The molecule has 0 spiro atoms. The number of carbonyl (C=O) groups excluding carboxylic acids is 2. The number of carbonyl (C=O) groups is 2. The van der Waals surface area contributed by atoms with Crippen molar-refractivity contribution in [2.75, 3.05) is 4.90 Å². The van der Waals surface area contributed by atoms with E-state index in [1.807, 2.05) is 0 Å². The molecule has 0 saturated carbocycles. The summed E-state index contributed by atoms with van der Waals surface area (Å²) >= 11 is 0. The number of imide groups is 1. The third-order valence-electron chi connectivity index (χ3n) is 4.48. The third kappa shape index (κ3) is 3.09. The molecule has 3 aromatic carbocycles. The predicted octanol–water partition coefficient (Wildman–Crippen LogP) is 1.45. The van der Waals surface area contributed by atoms with Gasteiger partial charge in [-0.2, -0.15) is 0 Å². The molecule has 1 aliphatic heterocycles. The fourth-order valence-corrected chi connectivity index (χ4v) is 4.54. The molecule has 9 nitrogen and oxygen atoms in total. The average molecular weight is 431 g/mol. The monoisotopic (exact) mass is 431 g/mol. The molecule has 0 saturated heterocycles. The standard InChI is InChI=1S/C18H11NO8S2/c20-17-14-3-1-2-4-15(14)18(21)19(17)11-5-6-13-10(7-11)8-12(28(22,23)24)9-16(13)29(25,26)27/h1-9H,(H,22,23,24)(H,25,26,27)/p-2. The van der Waals surface area contributed by atoms with Crippen molar-refractivity contribution in [1.82, 2.24) is 0 Å². The van der Waals surface area contributed by atoms with Crippen molar-refractivity contribution in [2.45, 2.75) is 9.79 Å². The molecule has 0 bridgehead atoms. The summed E-state index contributed by atoms with van der Waals surface area (Å²) in [6, 6.07) is 11.1. The van der Waals surface area contributed by atoms with Crippen LogP contribution in [0.5, 0.6) is 0 Å². The van der Waals surface area contributed by atoms with E-state index < -0.39 is 41.8 Å². The second kappa shape index (κ2) is 6.19. The minimum atomic E-state index is -5.11. The van der Waals surface area contributed by atoms with Crippen molar-refractivity contribution in [2.24, 2.45) is 0 Å². The molecule has 0 unspecified atom stereocenters. The summed E-state index contributed by atoms with van der Waals surface area (Å²) in [6.07, 6.45) is 0. The molecule has 2 amide bonds. The van der Waals surface area contributed by atoms with Crippen molar-refractivity contribution in [3.8, 4) is 0 Å². The molecule has 0 N–H and O–H groups in total. The van der Waals surface area contributed by atoms with Crippen LogP contribution in [-0.2, 0) is 20.2 Å². The van der Waals surface area contributed by atoms with Crippen molar-refractivity contribution < 1.29 is 35.5 Å². The Morgan fingerprint density at radius 1 is 0.724 bits per heavy atom. The van der Waals surface area contributed by atoms with Crippen molar-refractivity contribution >= 4 is 48.5 Å². The van der Waals surface area contributed by atoms with E-state index in [2.05, 4.69) is 0 Å². The Kier molecular flexibility index (Phi) is 4.10. The van der Waals surface area contributed by atoms with E-state index in [1.54, 1.807) is 12.1 Å². The van der Waals surface area contributed by atoms with Gasteiger partial charge >= 0.3 is 0 Å². The lowest BCUT2D eigenvalue weighted by molar-refractivity contribution is 0.0926. The summed E-state index contributed by atoms with van der Waals surface area (Å²) in [5.41, 5.74) is 0.381. The zero-order valence-corrected chi connectivity index (χ0v) is 15.9. The van der Waals surface area contributed by atoms with Gasteiger partial charge in [0, 0.05) is 0 Å². The molecular formula is C18H9NO8S2-2. The van der Waals surface area contributed by atoms with E-state index in [4.69, 9.17) is 0 Å². The SMILES string of the molecule is O=C1c2ccccc2C(=O)N1c1ccc2c(S(=O)(=O)[O-])cc(S(=O)(=O)[O-])cc2c1. The average Bonchev–Trinajstić information content (AvgIpc) is 2.90. The van der Waals surface area contributed by atoms with E-state index in [1.165, 1.54) is 30.3 Å². The second-order valence-corrected chi connectivity index (χ2v) is 8.95. The molecule has 0 radical (unpaired) electrons. The number of fused-ring (bicyclic) bond motifs is 2. The zero-order chi connectivity index (χ0) is 21.1. The smallest absolute Gasteiger partial charge is 0.266 e. The lowest BCUT2D eigenvalue weighted by Crippen LogP contribution is -2.29. The number of amides is 2. The van der Waals surface area contributed by atoms with Crippen LogP contribution in [0.2, 0.25) is 0 Å². The molecule has 3 aromatic rings. The maximum absolute atomic E-state index is 12.6. The Labute approximate surface area is 164 Å². The molecule has 148 valence electrons. The van der Waals surface area contributed by atoms with Crippen LogP contribution in [-0.4, -0.2) is 37.8 Å². The molecule has 0 atom stereocenters. The van der Waals surface area contributed by atoms with Crippen LogP contribution in [0.4, 0.5) is 5.69 Å². The molecule has 0 aromatic heterocycles. The first-order valence-electron chi connectivity index (χ1n) is 7.96. The van der Waals surface area contributed by atoms with Gasteiger partial charge in [-0.25, -0.2) is 21.7 Å². The van der Waals surface area contributed by atoms with E-state index in [9.17, 15) is 35.5 Å². The number of rotatable bonds is 3. The van der Waals surface area contributed by atoms with E-state index in [-0.39, 0.29) is 27.6 Å². The molecule has 0 fully saturated rings. The van der Waals surface area contributed by atoms with Gasteiger partial charge in [0.05, 0.1) is 26.6 Å². The lowest BCUT2D eigenvalue weighted by Gasteiger charge is -2.18. The molecule has 11 heteroatoms.